The summed E-state index contributed by atoms with van der Waals surface area (Å²) in [6.07, 6.45) is 0.166. The molecule has 0 saturated carbocycles. The van der Waals surface area contributed by atoms with Gasteiger partial charge < -0.3 is 18.9 Å². The van der Waals surface area contributed by atoms with E-state index in [1.165, 1.54) is 12.7 Å². The average molecular weight is 423 g/mol. The van der Waals surface area contributed by atoms with Gasteiger partial charge in [0.15, 0.2) is 0 Å². The molecule has 0 aliphatic rings. The van der Waals surface area contributed by atoms with Crippen LogP contribution in [0.3, 0.4) is 0 Å². The SMILES string of the molecule is CCOc1cccc(OC(=O)OC)c1COc1cc(C)c(CC)cc1Br. The van der Waals surface area contributed by atoms with E-state index in [1.54, 1.807) is 12.1 Å². The number of aryl methyl sites for hydroxylation is 2. The van der Waals surface area contributed by atoms with E-state index < -0.39 is 6.16 Å². The van der Waals surface area contributed by atoms with Crippen molar-refractivity contribution in [1.82, 2.24) is 0 Å². The maximum absolute atomic E-state index is 11.5. The highest BCUT2D eigenvalue weighted by Crippen LogP contribution is 2.33. The second kappa shape index (κ2) is 9.48. The molecule has 140 valence electrons. The summed E-state index contributed by atoms with van der Waals surface area (Å²) >= 11 is 3.55. The topological polar surface area (TPSA) is 54.0 Å². The third kappa shape index (κ3) is 4.91. The zero-order chi connectivity index (χ0) is 19.1. The van der Waals surface area contributed by atoms with Gasteiger partial charge in [0.1, 0.15) is 23.9 Å². The molecule has 6 heteroatoms. The van der Waals surface area contributed by atoms with E-state index in [0.29, 0.717) is 23.7 Å². The fourth-order valence-corrected chi connectivity index (χ4v) is 3.05. The molecule has 0 amide bonds. The summed E-state index contributed by atoms with van der Waals surface area (Å²) in [5.41, 5.74) is 3.06. The molecule has 0 heterocycles. The number of rotatable bonds is 7. The van der Waals surface area contributed by atoms with Gasteiger partial charge in [-0.1, -0.05) is 13.0 Å². The van der Waals surface area contributed by atoms with Gasteiger partial charge in [0, 0.05) is 0 Å². The van der Waals surface area contributed by atoms with Crippen LogP contribution in [0, 0.1) is 6.92 Å². The van der Waals surface area contributed by atoms with Gasteiger partial charge in [-0.25, -0.2) is 4.79 Å². The van der Waals surface area contributed by atoms with Crippen LogP contribution in [0.25, 0.3) is 0 Å². The molecular formula is C20H23BrO5. The summed E-state index contributed by atoms with van der Waals surface area (Å²) in [4.78, 5) is 11.5. The van der Waals surface area contributed by atoms with Crippen LogP contribution in [-0.2, 0) is 17.8 Å². The molecule has 5 nitrogen and oxygen atoms in total. The fourth-order valence-electron chi connectivity index (χ4n) is 2.54. The normalized spacial score (nSPS) is 10.3. The van der Waals surface area contributed by atoms with Crippen molar-refractivity contribution in [3.05, 3.63) is 51.5 Å². The largest absolute Gasteiger partial charge is 0.513 e. The Labute approximate surface area is 162 Å². The Bertz CT molecular complexity index is 773. The third-order valence-corrected chi connectivity index (χ3v) is 4.51. The molecule has 0 saturated heterocycles. The molecule has 26 heavy (non-hydrogen) atoms. The molecule has 0 aliphatic heterocycles. The van der Waals surface area contributed by atoms with E-state index >= 15 is 0 Å². The average Bonchev–Trinajstić information content (AvgIpc) is 2.63. The minimum atomic E-state index is -0.788. The van der Waals surface area contributed by atoms with Crippen molar-refractivity contribution in [2.75, 3.05) is 13.7 Å². The lowest BCUT2D eigenvalue weighted by Gasteiger charge is -2.16. The Kier molecular flexibility index (Phi) is 7.33. The molecule has 0 N–H and O–H groups in total. The van der Waals surface area contributed by atoms with Crippen LogP contribution in [0.2, 0.25) is 0 Å². The van der Waals surface area contributed by atoms with Gasteiger partial charge in [-0.3, -0.25) is 0 Å². The molecule has 0 atom stereocenters. The van der Waals surface area contributed by atoms with Crippen LogP contribution >= 0.6 is 15.9 Å². The van der Waals surface area contributed by atoms with Gasteiger partial charge in [0.25, 0.3) is 0 Å². The molecule has 0 bridgehead atoms. The monoisotopic (exact) mass is 422 g/mol. The lowest BCUT2D eigenvalue weighted by Crippen LogP contribution is -2.11. The van der Waals surface area contributed by atoms with E-state index in [2.05, 4.69) is 40.6 Å². The predicted octanol–water partition coefficient (Wildman–Crippen LogP) is 5.44. The number of hydrogen-bond acceptors (Lipinski definition) is 5. The molecule has 0 spiro atoms. The van der Waals surface area contributed by atoms with Crippen LogP contribution in [0.15, 0.2) is 34.8 Å². The van der Waals surface area contributed by atoms with Crippen molar-refractivity contribution in [1.29, 1.82) is 0 Å². The standard InChI is InChI=1S/C20H23BrO5/c1-5-14-11-16(21)19(10-13(14)3)25-12-15-17(24-6-2)8-7-9-18(15)26-20(22)23-4/h7-11H,5-6,12H2,1-4H3. The van der Waals surface area contributed by atoms with Crippen LogP contribution in [0.1, 0.15) is 30.5 Å². The first-order valence-electron chi connectivity index (χ1n) is 8.42. The number of ether oxygens (including phenoxy) is 4. The first kappa shape index (κ1) is 20.1. The maximum atomic E-state index is 11.5. The second-order valence-corrected chi connectivity index (χ2v) is 6.43. The van der Waals surface area contributed by atoms with Gasteiger partial charge in [0.05, 0.1) is 23.8 Å². The molecule has 0 fully saturated rings. The van der Waals surface area contributed by atoms with Crippen LogP contribution in [0.5, 0.6) is 17.2 Å². The smallest absolute Gasteiger partial charge is 0.493 e. The molecule has 0 aromatic heterocycles. The zero-order valence-corrected chi connectivity index (χ0v) is 17.0. The molecule has 2 aromatic carbocycles. The van der Waals surface area contributed by atoms with Crippen molar-refractivity contribution in [3.8, 4) is 17.2 Å². The number of carbonyl (C=O) groups is 1. The summed E-state index contributed by atoms with van der Waals surface area (Å²) in [6, 6.07) is 9.30. The highest BCUT2D eigenvalue weighted by molar-refractivity contribution is 9.10. The van der Waals surface area contributed by atoms with Crippen LogP contribution in [-0.4, -0.2) is 19.9 Å². The molecule has 2 rings (SSSR count). The number of benzene rings is 2. The van der Waals surface area contributed by atoms with Gasteiger partial charge in [-0.05, 0) is 71.6 Å². The third-order valence-electron chi connectivity index (χ3n) is 3.89. The quantitative estimate of drug-likeness (QED) is 0.438. The van der Waals surface area contributed by atoms with Crippen molar-refractivity contribution >= 4 is 22.1 Å². The zero-order valence-electron chi connectivity index (χ0n) is 15.4. The number of halogens is 1. The summed E-state index contributed by atoms with van der Waals surface area (Å²) < 4.78 is 22.3. The fraction of sp³-hybridized carbons (Fsp3) is 0.350. The van der Waals surface area contributed by atoms with E-state index in [1.807, 2.05) is 19.1 Å². The number of carbonyl (C=O) groups excluding carboxylic acids is 1. The number of hydrogen-bond donors (Lipinski definition) is 0. The van der Waals surface area contributed by atoms with Crippen molar-refractivity contribution in [2.24, 2.45) is 0 Å². The first-order valence-corrected chi connectivity index (χ1v) is 9.21. The maximum Gasteiger partial charge on any atom is 0.513 e. The van der Waals surface area contributed by atoms with E-state index in [9.17, 15) is 4.79 Å². The van der Waals surface area contributed by atoms with Gasteiger partial charge >= 0.3 is 6.16 Å². The summed E-state index contributed by atoms with van der Waals surface area (Å²) in [6.45, 7) is 6.73. The molecule has 0 unspecified atom stereocenters. The van der Waals surface area contributed by atoms with Gasteiger partial charge in [-0.15, -0.1) is 0 Å². The summed E-state index contributed by atoms with van der Waals surface area (Å²) in [5.74, 6) is 1.67. The van der Waals surface area contributed by atoms with E-state index in [-0.39, 0.29) is 6.61 Å². The Hall–Kier alpha value is -2.21. The Morgan fingerprint density at radius 3 is 2.46 bits per heavy atom. The van der Waals surface area contributed by atoms with Gasteiger partial charge in [-0.2, -0.15) is 0 Å². The Morgan fingerprint density at radius 1 is 1.08 bits per heavy atom. The summed E-state index contributed by atoms with van der Waals surface area (Å²) in [5, 5.41) is 0. The van der Waals surface area contributed by atoms with Crippen molar-refractivity contribution in [2.45, 2.75) is 33.8 Å². The molecule has 0 aliphatic carbocycles. The predicted molar refractivity (Wildman–Crippen MR) is 103 cm³/mol. The second-order valence-electron chi connectivity index (χ2n) is 5.57. The molecular weight excluding hydrogens is 400 g/mol. The van der Waals surface area contributed by atoms with Gasteiger partial charge in [0.2, 0.25) is 0 Å². The summed E-state index contributed by atoms with van der Waals surface area (Å²) in [7, 11) is 1.26. The highest BCUT2D eigenvalue weighted by Gasteiger charge is 2.16. The lowest BCUT2D eigenvalue weighted by molar-refractivity contribution is 0.120. The Morgan fingerprint density at radius 2 is 1.81 bits per heavy atom. The van der Waals surface area contributed by atoms with Crippen LogP contribution in [0.4, 0.5) is 4.79 Å². The lowest BCUT2D eigenvalue weighted by atomic mass is 10.1. The first-order chi connectivity index (χ1) is 12.5. The van der Waals surface area contributed by atoms with Crippen molar-refractivity contribution < 1.29 is 23.7 Å². The van der Waals surface area contributed by atoms with E-state index in [0.717, 1.165) is 22.2 Å². The van der Waals surface area contributed by atoms with Crippen molar-refractivity contribution in [3.63, 3.8) is 0 Å². The minimum absolute atomic E-state index is 0.187. The number of methoxy groups -OCH3 is 1. The highest BCUT2D eigenvalue weighted by atomic mass is 79.9. The van der Waals surface area contributed by atoms with E-state index in [4.69, 9.17) is 14.2 Å². The minimum Gasteiger partial charge on any atom is -0.493 e. The van der Waals surface area contributed by atoms with Crippen LogP contribution < -0.4 is 14.2 Å². The molecule has 0 radical (unpaired) electrons. The Balaban J connectivity index is 2.30. The molecule has 2 aromatic rings.